The number of carboxylic acids is 2. The number of hydrogen-bond donors (Lipinski definition) is 5. The van der Waals surface area contributed by atoms with E-state index in [1.807, 2.05) is 6.07 Å². The maximum absolute atomic E-state index is 12.5. The maximum Gasteiger partial charge on any atom is 0.394 e. The van der Waals surface area contributed by atoms with Crippen LogP contribution in [0.25, 0.3) is 0 Å². The number of nitrogens with one attached hydrogen (secondary N) is 3. The number of anilines is 2. The third kappa shape index (κ3) is 3.96. The minimum atomic E-state index is -1.71. The van der Waals surface area contributed by atoms with Gasteiger partial charge in [0.25, 0.3) is 0 Å². The molecule has 0 spiro atoms. The summed E-state index contributed by atoms with van der Waals surface area (Å²) in [6.45, 7) is 0.232. The molecule has 0 bridgehead atoms. The fourth-order valence-corrected chi connectivity index (χ4v) is 3.94. The summed E-state index contributed by atoms with van der Waals surface area (Å²) in [5.74, 6) is -4.64. The second-order valence-corrected chi connectivity index (χ2v) is 6.87. The molecule has 10 heteroatoms. The summed E-state index contributed by atoms with van der Waals surface area (Å²) in [4.78, 5) is 46.9. The van der Waals surface area contributed by atoms with Gasteiger partial charge in [0.05, 0.1) is 11.6 Å². The van der Waals surface area contributed by atoms with E-state index in [2.05, 4.69) is 16.0 Å². The average Bonchev–Trinajstić information content (AvgIpc) is 2.99. The molecule has 2 amide bonds. The van der Waals surface area contributed by atoms with Crippen molar-refractivity contribution in [2.45, 2.75) is 19.0 Å². The number of hydrogen-bond acceptors (Lipinski definition) is 6. The Kier molecular flexibility index (Phi) is 5.19. The highest BCUT2D eigenvalue weighted by Crippen LogP contribution is 2.36. The number of fused-ring (bicyclic) bond motifs is 1. The number of para-hydroxylation sites is 1. The van der Waals surface area contributed by atoms with Crippen molar-refractivity contribution in [2.75, 3.05) is 10.6 Å². The molecule has 27 heavy (non-hydrogen) atoms. The van der Waals surface area contributed by atoms with Crippen LogP contribution >= 0.6 is 11.3 Å². The first-order valence-electron chi connectivity index (χ1n) is 7.88. The monoisotopic (exact) mass is 389 g/mol. The summed E-state index contributed by atoms with van der Waals surface area (Å²) in [5, 5.41) is 26.1. The summed E-state index contributed by atoms with van der Waals surface area (Å²) in [6, 6.07) is 8.19. The van der Waals surface area contributed by atoms with Gasteiger partial charge >= 0.3 is 17.8 Å². The van der Waals surface area contributed by atoms with E-state index < -0.39 is 23.9 Å². The van der Waals surface area contributed by atoms with Crippen molar-refractivity contribution in [1.29, 1.82) is 0 Å². The van der Waals surface area contributed by atoms with Gasteiger partial charge in [0.2, 0.25) is 5.91 Å². The summed E-state index contributed by atoms with van der Waals surface area (Å²) < 4.78 is 0. The number of thiophene rings is 1. The van der Waals surface area contributed by atoms with E-state index in [1.165, 1.54) is 0 Å². The molecule has 9 nitrogen and oxygen atoms in total. The van der Waals surface area contributed by atoms with E-state index in [-0.39, 0.29) is 29.4 Å². The van der Waals surface area contributed by atoms with Gasteiger partial charge in [0, 0.05) is 17.1 Å². The number of carbonyl (C=O) groups excluding carboxylic acids is 2. The predicted molar refractivity (Wildman–Crippen MR) is 96.9 cm³/mol. The van der Waals surface area contributed by atoms with Crippen LogP contribution in [0, 0.1) is 0 Å². The molecule has 1 atom stereocenters. The molecule has 0 fully saturated rings. The molecule has 1 aliphatic heterocycles. The largest absolute Gasteiger partial charge is 0.478 e. The molecule has 0 aliphatic carbocycles. The van der Waals surface area contributed by atoms with Crippen LogP contribution in [0.2, 0.25) is 0 Å². The number of carboxylic acid groups (broad SMARTS) is 2. The molecule has 0 saturated heterocycles. The molecule has 1 aliphatic rings. The van der Waals surface area contributed by atoms with Crippen LogP contribution in [0.1, 0.15) is 20.8 Å². The van der Waals surface area contributed by atoms with Gasteiger partial charge in [0.15, 0.2) is 0 Å². The van der Waals surface area contributed by atoms with Gasteiger partial charge < -0.3 is 26.2 Å². The third-order valence-corrected chi connectivity index (χ3v) is 5.15. The zero-order valence-corrected chi connectivity index (χ0v) is 14.6. The molecule has 0 saturated carbocycles. The Morgan fingerprint density at radius 3 is 2.41 bits per heavy atom. The molecule has 5 N–H and O–H groups in total. The van der Waals surface area contributed by atoms with E-state index in [9.17, 15) is 24.3 Å². The Bertz CT molecular complexity index is 924. The Balaban J connectivity index is 1.83. The lowest BCUT2D eigenvalue weighted by atomic mass is 9.97. The number of rotatable bonds is 4. The predicted octanol–water partition coefficient (Wildman–Crippen LogP) is 1.12. The number of benzene rings is 1. The SMILES string of the molecule is O=C(O)C(=O)Nc1sc2c(c1C(=O)O)CC(C(=O)Nc1ccccc1)NC2. The second kappa shape index (κ2) is 7.56. The van der Waals surface area contributed by atoms with Crippen LogP contribution in [0.5, 0.6) is 0 Å². The van der Waals surface area contributed by atoms with E-state index >= 15 is 0 Å². The van der Waals surface area contributed by atoms with Crippen molar-refractivity contribution in [2.24, 2.45) is 0 Å². The van der Waals surface area contributed by atoms with E-state index in [4.69, 9.17) is 5.11 Å². The topological polar surface area (TPSA) is 145 Å². The summed E-state index contributed by atoms with van der Waals surface area (Å²) in [5.41, 5.74) is 0.858. The third-order valence-electron chi connectivity index (χ3n) is 4.00. The Morgan fingerprint density at radius 1 is 1.07 bits per heavy atom. The number of aliphatic carboxylic acids is 1. The standard InChI is InChI=1S/C17H15N3O6S/c21-13(19-8-4-2-1-3-5-8)10-6-9-11(7-18-10)27-15(12(9)16(23)24)20-14(22)17(25)26/h1-5,10,18H,6-7H2,(H,19,21)(H,20,22)(H,23,24)(H,25,26). The minimum Gasteiger partial charge on any atom is -0.478 e. The summed E-state index contributed by atoms with van der Waals surface area (Å²) in [6.07, 6.45) is 0.106. The van der Waals surface area contributed by atoms with Gasteiger partial charge in [-0.25, -0.2) is 9.59 Å². The van der Waals surface area contributed by atoms with Gasteiger partial charge in [0.1, 0.15) is 5.00 Å². The molecule has 1 aromatic carbocycles. The van der Waals surface area contributed by atoms with Crippen molar-refractivity contribution in [3.63, 3.8) is 0 Å². The number of carbonyl (C=O) groups is 4. The molecule has 1 unspecified atom stereocenters. The van der Waals surface area contributed by atoms with E-state index in [0.29, 0.717) is 16.1 Å². The first kappa shape index (κ1) is 18.5. The quantitative estimate of drug-likeness (QED) is 0.493. The van der Waals surface area contributed by atoms with Gasteiger partial charge in [-0.3, -0.25) is 9.59 Å². The highest BCUT2D eigenvalue weighted by Gasteiger charge is 2.32. The minimum absolute atomic E-state index is 0.0502. The van der Waals surface area contributed by atoms with Crippen LogP contribution in [-0.2, 0) is 27.3 Å². The molecule has 140 valence electrons. The van der Waals surface area contributed by atoms with Gasteiger partial charge in [-0.15, -0.1) is 11.3 Å². The number of aromatic carboxylic acids is 1. The van der Waals surface area contributed by atoms with E-state index in [0.717, 1.165) is 11.3 Å². The van der Waals surface area contributed by atoms with Crippen LogP contribution in [0.3, 0.4) is 0 Å². The Labute approximate surface area is 157 Å². The Hall–Kier alpha value is -3.24. The lowest BCUT2D eigenvalue weighted by Gasteiger charge is -2.23. The fourth-order valence-electron chi connectivity index (χ4n) is 2.77. The molecular formula is C17H15N3O6S. The molecular weight excluding hydrogens is 374 g/mol. The molecule has 2 heterocycles. The zero-order valence-electron chi connectivity index (χ0n) is 13.8. The zero-order chi connectivity index (χ0) is 19.6. The van der Waals surface area contributed by atoms with E-state index in [1.54, 1.807) is 24.3 Å². The average molecular weight is 389 g/mol. The highest BCUT2D eigenvalue weighted by molar-refractivity contribution is 7.17. The normalized spacial score (nSPS) is 15.5. The maximum atomic E-state index is 12.5. The smallest absolute Gasteiger partial charge is 0.394 e. The van der Waals surface area contributed by atoms with Crippen LogP contribution in [0.15, 0.2) is 30.3 Å². The van der Waals surface area contributed by atoms with Crippen LogP contribution < -0.4 is 16.0 Å². The summed E-state index contributed by atoms with van der Waals surface area (Å²) >= 11 is 0.983. The highest BCUT2D eigenvalue weighted by atomic mass is 32.1. The summed E-state index contributed by atoms with van der Waals surface area (Å²) in [7, 11) is 0. The van der Waals surface area contributed by atoms with Gasteiger partial charge in [-0.1, -0.05) is 18.2 Å². The lowest BCUT2D eigenvalue weighted by molar-refractivity contribution is -0.147. The van der Waals surface area contributed by atoms with Crippen molar-refractivity contribution in [3.8, 4) is 0 Å². The van der Waals surface area contributed by atoms with Crippen molar-refractivity contribution in [1.82, 2.24) is 5.32 Å². The first-order chi connectivity index (χ1) is 12.9. The lowest BCUT2D eigenvalue weighted by Crippen LogP contribution is -2.44. The van der Waals surface area contributed by atoms with Crippen molar-refractivity contribution < 1.29 is 29.4 Å². The van der Waals surface area contributed by atoms with Gasteiger partial charge in [-0.05, 0) is 24.1 Å². The molecule has 3 rings (SSSR count). The Morgan fingerprint density at radius 2 is 1.78 bits per heavy atom. The van der Waals surface area contributed by atoms with Crippen LogP contribution in [-0.4, -0.2) is 40.0 Å². The first-order valence-corrected chi connectivity index (χ1v) is 8.70. The van der Waals surface area contributed by atoms with Gasteiger partial charge in [-0.2, -0.15) is 0 Å². The molecule has 0 radical (unpaired) electrons. The molecule has 2 aromatic rings. The van der Waals surface area contributed by atoms with Crippen molar-refractivity contribution >= 4 is 45.8 Å². The molecule has 1 aromatic heterocycles. The van der Waals surface area contributed by atoms with Crippen molar-refractivity contribution in [3.05, 3.63) is 46.3 Å². The fraction of sp³-hybridized carbons (Fsp3) is 0.176. The number of amides is 2. The van der Waals surface area contributed by atoms with Crippen LogP contribution in [0.4, 0.5) is 10.7 Å². The second-order valence-electron chi connectivity index (χ2n) is 5.77.